The molecule has 3 aliphatic rings. The van der Waals surface area contributed by atoms with Crippen LogP contribution in [-0.2, 0) is 28.0 Å². The standard InChI is InChI=1S/C23H29N5O3S/c1-27-11-13-28(14-12-27)32(29,30)26-19-9-10-21-18(15-19)16-31-23(24-21)25-22-8-4-6-17-5-2-3-7-20(17)22/h2-3,5,7,9-10,15,22,26H,4,6,8,11-14,16H2,1H3,(H,24,25)/t22-/m1/s1. The number of hydrogen-bond acceptors (Lipinski definition) is 6. The highest BCUT2D eigenvalue weighted by molar-refractivity contribution is 7.90. The molecule has 0 aromatic heterocycles. The van der Waals surface area contributed by atoms with E-state index in [0.29, 0.717) is 31.4 Å². The summed E-state index contributed by atoms with van der Waals surface area (Å²) in [5.74, 6) is 0. The van der Waals surface area contributed by atoms with Crippen molar-refractivity contribution in [3.05, 3.63) is 59.2 Å². The number of nitrogens with zero attached hydrogens (tertiary/aromatic N) is 3. The molecule has 2 aromatic rings. The molecule has 2 aliphatic heterocycles. The van der Waals surface area contributed by atoms with Gasteiger partial charge in [0.05, 0.1) is 17.4 Å². The summed E-state index contributed by atoms with van der Waals surface area (Å²) in [7, 11) is -1.58. The third-order valence-corrected chi connectivity index (χ3v) is 7.92. The molecule has 2 aromatic carbocycles. The van der Waals surface area contributed by atoms with Crippen LogP contribution in [0.5, 0.6) is 0 Å². The van der Waals surface area contributed by atoms with E-state index >= 15 is 0 Å². The van der Waals surface area contributed by atoms with Crippen molar-refractivity contribution in [3.63, 3.8) is 0 Å². The Balaban J connectivity index is 1.28. The van der Waals surface area contributed by atoms with Crippen molar-refractivity contribution in [3.8, 4) is 0 Å². The van der Waals surface area contributed by atoms with Gasteiger partial charge in [-0.25, -0.2) is 0 Å². The molecule has 32 heavy (non-hydrogen) atoms. The first-order valence-corrected chi connectivity index (χ1v) is 12.6. The van der Waals surface area contributed by atoms with Crippen LogP contribution in [0.15, 0.2) is 47.5 Å². The highest BCUT2D eigenvalue weighted by atomic mass is 32.2. The third-order valence-electron chi connectivity index (χ3n) is 6.38. The number of rotatable bonds is 4. The normalized spacial score (nSPS) is 21.7. The Morgan fingerprint density at radius 3 is 2.72 bits per heavy atom. The lowest BCUT2D eigenvalue weighted by Gasteiger charge is -2.31. The van der Waals surface area contributed by atoms with E-state index in [2.05, 4.69) is 44.2 Å². The van der Waals surface area contributed by atoms with E-state index in [0.717, 1.165) is 43.6 Å². The lowest BCUT2D eigenvalue weighted by molar-refractivity contribution is 0.223. The Morgan fingerprint density at radius 2 is 1.88 bits per heavy atom. The predicted molar refractivity (Wildman–Crippen MR) is 125 cm³/mol. The SMILES string of the molecule is CN1CCN(S(=O)(=O)Nc2ccc3c(c2)COC(N[C@@H]2CCCc4ccccc42)=N3)CC1. The number of benzene rings is 2. The number of ether oxygens (including phenoxy) is 1. The fourth-order valence-corrected chi connectivity index (χ4v) is 5.73. The fourth-order valence-electron chi connectivity index (χ4n) is 4.53. The van der Waals surface area contributed by atoms with Gasteiger partial charge in [-0.1, -0.05) is 24.3 Å². The molecule has 1 aliphatic carbocycles. The number of aliphatic imine (C=N–C) groups is 1. The molecule has 0 spiro atoms. The minimum Gasteiger partial charge on any atom is -0.460 e. The summed E-state index contributed by atoms with van der Waals surface area (Å²) in [5, 5.41) is 3.46. The van der Waals surface area contributed by atoms with Gasteiger partial charge >= 0.3 is 10.2 Å². The van der Waals surface area contributed by atoms with Gasteiger partial charge < -0.3 is 15.0 Å². The topological polar surface area (TPSA) is 86.3 Å². The van der Waals surface area contributed by atoms with Crippen LogP contribution in [0.3, 0.4) is 0 Å². The molecule has 5 rings (SSSR count). The van der Waals surface area contributed by atoms with Crippen LogP contribution in [0, 0.1) is 0 Å². The smallest absolute Gasteiger partial charge is 0.301 e. The van der Waals surface area contributed by atoms with Crippen LogP contribution in [-0.4, -0.2) is 56.9 Å². The van der Waals surface area contributed by atoms with E-state index in [1.54, 1.807) is 12.1 Å². The highest BCUT2D eigenvalue weighted by Gasteiger charge is 2.27. The summed E-state index contributed by atoms with van der Waals surface area (Å²) in [6.07, 6.45) is 3.28. The molecule has 0 unspecified atom stereocenters. The van der Waals surface area contributed by atoms with Crippen molar-refractivity contribution in [1.82, 2.24) is 14.5 Å². The van der Waals surface area contributed by atoms with Crippen LogP contribution in [0.2, 0.25) is 0 Å². The van der Waals surface area contributed by atoms with Crippen molar-refractivity contribution < 1.29 is 13.2 Å². The molecule has 170 valence electrons. The number of amidine groups is 1. The van der Waals surface area contributed by atoms with Crippen molar-refractivity contribution >= 4 is 27.6 Å². The molecule has 0 amide bonds. The first-order valence-electron chi connectivity index (χ1n) is 11.1. The number of piperazine rings is 1. The van der Waals surface area contributed by atoms with Crippen molar-refractivity contribution in [2.45, 2.75) is 31.9 Å². The number of aryl methyl sites for hydroxylation is 1. The number of fused-ring (bicyclic) bond motifs is 2. The molecule has 0 radical (unpaired) electrons. The van der Waals surface area contributed by atoms with Gasteiger partial charge in [-0.15, -0.1) is 0 Å². The molecule has 8 nitrogen and oxygen atoms in total. The molecule has 1 saturated heterocycles. The van der Waals surface area contributed by atoms with E-state index in [-0.39, 0.29) is 6.04 Å². The van der Waals surface area contributed by atoms with Gasteiger partial charge in [0, 0.05) is 31.7 Å². The molecule has 9 heteroatoms. The van der Waals surface area contributed by atoms with E-state index < -0.39 is 10.2 Å². The van der Waals surface area contributed by atoms with Gasteiger partial charge in [0.2, 0.25) is 0 Å². The maximum absolute atomic E-state index is 12.7. The average Bonchev–Trinajstić information content (AvgIpc) is 2.79. The van der Waals surface area contributed by atoms with Crippen LogP contribution in [0.4, 0.5) is 11.4 Å². The molecular weight excluding hydrogens is 426 g/mol. The molecular formula is C23H29N5O3S. The summed E-state index contributed by atoms with van der Waals surface area (Å²) in [5.41, 5.74) is 4.87. The van der Waals surface area contributed by atoms with Gasteiger partial charge in [0.25, 0.3) is 6.02 Å². The Labute approximate surface area is 189 Å². The second-order valence-corrected chi connectivity index (χ2v) is 10.3. The van der Waals surface area contributed by atoms with E-state index in [4.69, 9.17) is 4.74 Å². The van der Waals surface area contributed by atoms with E-state index in [9.17, 15) is 8.42 Å². The van der Waals surface area contributed by atoms with Crippen molar-refractivity contribution in [2.75, 3.05) is 37.9 Å². The van der Waals surface area contributed by atoms with E-state index in [1.165, 1.54) is 15.4 Å². The molecule has 1 atom stereocenters. The minimum atomic E-state index is -3.58. The molecule has 2 heterocycles. The van der Waals surface area contributed by atoms with Gasteiger partial charge in [-0.3, -0.25) is 4.72 Å². The quantitative estimate of drug-likeness (QED) is 0.741. The second-order valence-electron chi connectivity index (χ2n) is 8.65. The molecule has 0 bridgehead atoms. The Bertz CT molecular complexity index is 1130. The Hall–Kier alpha value is -2.62. The first kappa shape index (κ1) is 21.2. The van der Waals surface area contributed by atoms with Crippen LogP contribution in [0.25, 0.3) is 0 Å². The second kappa shape index (κ2) is 8.73. The highest BCUT2D eigenvalue weighted by Crippen LogP contribution is 2.32. The van der Waals surface area contributed by atoms with Gasteiger partial charge in [0.15, 0.2) is 0 Å². The number of nitrogens with one attached hydrogen (secondary N) is 2. The summed E-state index contributed by atoms with van der Waals surface area (Å²) < 4.78 is 35.5. The molecule has 1 fully saturated rings. The molecule has 0 saturated carbocycles. The van der Waals surface area contributed by atoms with Gasteiger partial charge in [0.1, 0.15) is 6.61 Å². The first-order chi connectivity index (χ1) is 15.5. The van der Waals surface area contributed by atoms with Crippen LogP contribution >= 0.6 is 0 Å². The largest absolute Gasteiger partial charge is 0.460 e. The number of likely N-dealkylation sites (N-methyl/N-ethyl adjacent to an activating group) is 1. The fraction of sp³-hybridized carbons (Fsp3) is 0.435. The zero-order valence-corrected chi connectivity index (χ0v) is 19.1. The third kappa shape index (κ3) is 4.46. The van der Waals surface area contributed by atoms with Gasteiger partial charge in [-0.05, 0) is 55.6 Å². The summed E-state index contributed by atoms with van der Waals surface area (Å²) in [6.45, 7) is 2.79. The lowest BCUT2D eigenvalue weighted by atomic mass is 9.88. The zero-order chi connectivity index (χ0) is 22.1. The van der Waals surface area contributed by atoms with E-state index in [1.807, 2.05) is 13.1 Å². The number of anilines is 1. The lowest BCUT2D eigenvalue weighted by Crippen LogP contribution is -2.48. The van der Waals surface area contributed by atoms with Crippen molar-refractivity contribution in [2.24, 2.45) is 4.99 Å². The maximum Gasteiger partial charge on any atom is 0.301 e. The zero-order valence-electron chi connectivity index (χ0n) is 18.3. The Morgan fingerprint density at radius 1 is 1.06 bits per heavy atom. The predicted octanol–water partition coefficient (Wildman–Crippen LogP) is 2.78. The summed E-state index contributed by atoms with van der Waals surface area (Å²) in [4.78, 5) is 6.76. The molecule has 2 N–H and O–H groups in total. The van der Waals surface area contributed by atoms with Crippen LogP contribution < -0.4 is 10.0 Å². The average molecular weight is 456 g/mol. The Kier molecular flexibility index (Phi) is 5.79. The monoisotopic (exact) mass is 455 g/mol. The van der Waals surface area contributed by atoms with Crippen LogP contribution in [0.1, 0.15) is 35.6 Å². The summed E-state index contributed by atoms with van der Waals surface area (Å²) >= 11 is 0. The van der Waals surface area contributed by atoms with Gasteiger partial charge in [-0.2, -0.15) is 17.7 Å². The van der Waals surface area contributed by atoms with Crippen molar-refractivity contribution in [1.29, 1.82) is 0 Å². The summed E-state index contributed by atoms with van der Waals surface area (Å²) in [6, 6.07) is 14.6. The maximum atomic E-state index is 12.7. The number of hydrogen-bond donors (Lipinski definition) is 2. The minimum absolute atomic E-state index is 0.190.